The Morgan fingerprint density at radius 1 is 1.35 bits per heavy atom. The van der Waals surface area contributed by atoms with E-state index in [4.69, 9.17) is 4.74 Å². The molecule has 1 saturated carbocycles. The molecule has 2 amide bonds. The lowest BCUT2D eigenvalue weighted by Crippen LogP contribution is -2.30. The molecule has 0 bridgehead atoms. The molecule has 1 atom stereocenters. The molecule has 1 aromatic heterocycles. The van der Waals surface area contributed by atoms with Crippen LogP contribution >= 0.6 is 0 Å². The first-order valence-corrected chi connectivity index (χ1v) is 7.18. The van der Waals surface area contributed by atoms with Gasteiger partial charge in [-0.05, 0) is 37.8 Å². The Morgan fingerprint density at radius 3 is 2.90 bits per heavy atom. The van der Waals surface area contributed by atoms with Crippen LogP contribution in [0.5, 0.6) is 0 Å². The third-order valence-corrected chi connectivity index (χ3v) is 3.48. The van der Waals surface area contributed by atoms with Gasteiger partial charge >= 0.3 is 6.03 Å². The largest absolute Gasteiger partial charge is 0.381 e. The fraction of sp³-hybridized carbons (Fsp3) is 0.571. The van der Waals surface area contributed by atoms with Crippen molar-refractivity contribution in [1.29, 1.82) is 0 Å². The summed E-state index contributed by atoms with van der Waals surface area (Å²) in [7, 11) is 0. The second-order valence-electron chi connectivity index (χ2n) is 5.32. The third-order valence-electron chi connectivity index (χ3n) is 3.48. The van der Waals surface area contributed by atoms with Crippen LogP contribution in [0.1, 0.15) is 25.7 Å². The second kappa shape index (κ2) is 6.09. The Balaban J connectivity index is 1.44. The third kappa shape index (κ3) is 3.84. The summed E-state index contributed by atoms with van der Waals surface area (Å²) in [6, 6.07) is 3.88. The summed E-state index contributed by atoms with van der Waals surface area (Å²) in [5.41, 5.74) is 0.939. The van der Waals surface area contributed by atoms with Gasteiger partial charge in [-0.15, -0.1) is 0 Å². The number of carbonyl (C=O) groups is 1. The van der Waals surface area contributed by atoms with Crippen molar-refractivity contribution in [3.05, 3.63) is 18.3 Å². The van der Waals surface area contributed by atoms with Crippen LogP contribution in [0.2, 0.25) is 0 Å². The predicted octanol–water partition coefficient (Wildman–Crippen LogP) is 1.96. The number of ether oxygens (including phenoxy) is 1. The van der Waals surface area contributed by atoms with Crippen LogP contribution in [0.3, 0.4) is 0 Å². The zero-order chi connectivity index (χ0) is 13.8. The lowest BCUT2D eigenvalue weighted by atomic mass is 10.2. The van der Waals surface area contributed by atoms with E-state index in [-0.39, 0.29) is 6.03 Å². The van der Waals surface area contributed by atoms with Gasteiger partial charge in [-0.25, -0.2) is 9.78 Å². The van der Waals surface area contributed by atoms with Gasteiger partial charge in [0.05, 0.1) is 18.0 Å². The highest BCUT2D eigenvalue weighted by Crippen LogP contribution is 2.19. The number of aromatic nitrogens is 1. The molecule has 1 aliphatic heterocycles. The number of nitrogens with one attached hydrogen (secondary N) is 3. The first-order chi connectivity index (χ1) is 9.79. The number of pyridine rings is 1. The molecule has 1 aromatic rings. The lowest BCUT2D eigenvalue weighted by molar-refractivity contribution is 0.120. The first kappa shape index (κ1) is 13.2. The van der Waals surface area contributed by atoms with Gasteiger partial charge in [0, 0.05) is 19.2 Å². The van der Waals surface area contributed by atoms with Crippen molar-refractivity contribution >= 4 is 17.5 Å². The summed E-state index contributed by atoms with van der Waals surface area (Å²) in [5, 5.41) is 8.87. The number of rotatable bonds is 5. The predicted molar refractivity (Wildman–Crippen MR) is 76.9 cm³/mol. The molecule has 3 N–H and O–H groups in total. The molecule has 6 nitrogen and oxygen atoms in total. The molecule has 0 spiro atoms. The summed E-state index contributed by atoms with van der Waals surface area (Å²) in [4.78, 5) is 15.8. The molecule has 1 unspecified atom stereocenters. The van der Waals surface area contributed by atoms with Crippen LogP contribution in [0, 0.1) is 0 Å². The van der Waals surface area contributed by atoms with Gasteiger partial charge in [-0.2, -0.15) is 0 Å². The number of carbonyl (C=O) groups excluding carboxylic acids is 1. The number of hydrogen-bond donors (Lipinski definition) is 3. The highest BCUT2D eigenvalue weighted by Gasteiger charge is 2.23. The standard InChI is InChI=1S/C14H20N4O2/c19-14(17-10-3-4-10)18-13-6-5-11(8-16-13)15-9-12-2-1-7-20-12/h5-6,8,10,12,15H,1-4,7,9H2,(H2,16,17,18,19). The Kier molecular flexibility index (Phi) is 4.01. The van der Waals surface area contributed by atoms with Crippen molar-refractivity contribution in [2.45, 2.75) is 37.8 Å². The summed E-state index contributed by atoms with van der Waals surface area (Å²) in [6.07, 6.45) is 6.43. The maximum Gasteiger partial charge on any atom is 0.320 e. The zero-order valence-electron chi connectivity index (χ0n) is 11.4. The lowest BCUT2D eigenvalue weighted by Gasteiger charge is -2.12. The average Bonchev–Trinajstić information content (AvgIpc) is 3.10. The molecule has 2 heterocycles. The molecule has 1 aliphatic carbocycles. The van der Waals surface area contributed by atoms with Crippen LogP contribution in [0.15, 0.2) is 18.3 Å². The van der Waals surface area contributed by atoms with Crippen molar-refractivity contribution in [3.63, 3.8) is 0 Å². The Labute approximate surface area is 118 Å². The van der Waals surface area contributed by atoms with Crippen LogP contribution < -0.4 is 16.0 Å². The highest BCUT2D eigenvalue weighted by atomic mass is 16.5. The van der Waals surface area contributed by atoms with E-state index in [1.807, 2.05) is 6.07 Å². The van der Waals surface area contributed by atoms with E-state index in [0.29, 0.717) is 18.0 Å². The highest BCUT2D eigenvalue weighted by molar-refractivity contribution is 5.88. The summed E-state index contributed by atoms with van der Waals surface area (Å²) in [5.74, 6) is 0.561. The number of anilines is 2. The second-order valence-corrected chi connectivity index (χ2v) is 5.32. The van der Waals surface area contributed by atoms with E-state index in [1.165, 1.54) is 0 Å². The van der Waals surface area contributed by atoms with Gasteiger partial charge < -0.3 is 15.4 Å². The fourth-order valence-corrected chi connectivity index (χ4v) is 2.17. The molecular weight excluding hydrogens is 256 g/mol. The fourth-order valence-electron chi connectivity index (χ4n) is 2.17. The molecule has 0 aromatic carbocycles. The van der Waals surface area contributed by atoms with Crippen molar-refractivity contribution in [2.75, 3.05) is 23.8 Å². The molecule has 20 heavy (non-hydrogen) atoms. The van der Waals surface area contributed by atoms with Gasteiger partial charge in [0.15, 0.2) is 0 Å². The van der Waals surface area contributed by atoms with Crippen LogP contribution in [0.25, 0.3) is 0 Å². The van der Waals surface area contributed by atoms with Crippen LogP contribution in [0.4, 0.5) is 16.3 Å². The van der Waals surface area contributed by atoms with E-state index in [2.05, 4.69) is 20.9 Å². The SMILES string of the molecule is O=C(Nc1ccc(NCC2CCCO2)cn1)NC1CC1. The minimum absolute atomic E-state index is 0.180. The van der Waals surface area contributed by atoms with E-state index < -0.39 is 0 Å². The molecule has 1 saturated heterocycles. The Hall–Kier alpha value is -1.82. The van der Waals surface area contributed by atoms with Crippen molar-refractivity contribution < 1.29 is 9.53 Å². The monoisotopic (exact) mass is 276 g/mol. The number of urea groups is 1. The molecule has 0 radical (unpaired) electrons. The van der Waals surface area contributed by atoms with Crippen molar-refractivity contribution in [1.82, 2.24) is 10.3 Å². The topological polar surface area (TPSA) is 75.3 Å². The maximum atomic E-state index is 11.6. The van der Waals surface area contributed by atoms with Crippen LogP contribution in [-0.2, 0) is 4.74 Å². The molecule has 3 rings (SSSR count). The van der Waals surface area contributed by atoms with E-state index in [0.717, 1.165) is 44.5 Å². The normalized spacial score (nSPS) is 21.5. The summed E-state index contributed by atoms with van der Waals surface area (Å²) in [6.45, 7) is 1.67. The zero-order valence-corrected chi connectivity index (χ0v) is 11.4. The minimum Gasteiger partial charge on any atom is -0.381 e. The molecule has 2 aliphatic rings. The van der Waals surface area contributed by atoms with Crippen molar-refractivity contribution in [3.8, 4) is 0 Å². The molecule has 2 fully saturated rings. The van der Waals surface area contributed by atoms with Gasteiger partial charge in [0.1, 0.15) is 5.82 Å². The molecular formula is C14H20N4O2. The Bertz CT molecular complexity index is 453. The number of hydrogen-bond acceptors (Lipinski definition) is 4. The number of amides is 2. The quantitative estimate of drug-likeness (QED) is 0.768. The van der Waals surface area contributed by atoms with E-state index in [9.17, 15) is 4.79 Å². The van der Waals surface area contributed by atoms with Gasteiger partial charge in [0.25, 0.3) is 0 Å². The maximum absolute atomic E-state index is 11.6. The summed E-state index contributed by atoms with van der Waals surface area (Å²) >= 11 is 0. The van der Waals surface area contributed by atoms with Gasteiger partial charge in [-0.1, -0.05) is 0 Å². The van der Waals surface area contributed by atoms with Gasteiger partial charge in [0.2, 0.25) is 0 Å². The summed E-state index contributed by atoms with van der Waals surface area (Å²) < 4.78 is 5.55. The average molecular weight is 276 g/mol. The smallest absolute Gasteiger partial charge is 0.320 e. The van der Waals surface area contributed by atoms with Crippen molar-refractivity contribution in [2.24, 2.45) is 0 Å². The van der Waals surface area contributed by atoms with Crippen LogP contribution in [-0.4, -0.2) is 36.3 Å². The van der Waals surface area contributed by atoms with E-state index >= 15 is 0 Å². The van der Waals surface area contributed by atoms with Gasteiger partial charge in [-0.3, -0.25) is 5.32 Å². The first-order valence-electron chi connectivity index (χ1n) is 7.18. The molecule has 6 heteroatoms. The van der Waals surface area contributed by atoms with E-state index in [1.54, 1.807) is 12.3 Å². The molecule has 108 valence electrons. The number of nitrogens with zero attached hydrogens (tertiary/aromatic N) is 1. The minimum atomic E-state index is -0.180. The Morgan fingerprint density at radius 2 is 2.25 bits per heavy atom.